The Bertz CT molecular complexity index is 1220. The molecule has 0 unspecified atom stereocenters. The van der Waals surface area contributed by atoms with E-state index in [1.54, 1.807) is 51.1 Å². The minimum Gasteiger partial charge on any atom is -0.497 e. The maximum absolute atomic E-state index is 13.8. The van der Waals surface area contributed by atoms with Gasteiger partial charge in [0, 0.05) is 24.3 Å². The fourth-order valence-electron chi connectivity index (χ4n) is 4.77. The zero-order valence-corrected chi connectivity index (χ0v) is 24.6. The predicted octanol–water partition coefficient (Wildman–Crippen LogP) is 4.65. The third kappa shape index (κ3) is 9.24. The van der Waals surface area contributed by atoms with Crippen LogP contribution in [0.3, 0.4) is 0 Å². The van der Waals surface area contributed by atoms with Crippen LogP contribution in [0.15, 0.2) is 42.5 Å². The smallest absolute Gasteiger partial charge is 0.308 e. The van der Waals surface area contributed by atoms with E-state index in [2.05, 4.69) is 10.6 Å². The number of rotatable bonds is 10. The van der Waals surface area contributed by atoms with Crippen molar-refractivity contribution >= 4 is 23.5 Å². The summed E-state index contributed by atoms with van der Waals surface area (Å²) in [5.41, 5.74) is 1.18. The van der Waals surface area contributed by atoms with E-state index < -0.39 is 35.5 Å². The van der Waals surface area contributed by atoms with E-state index in [0.717, 1.165) is 11.3 Å². The summed E-state index contributed by atoms with van der Waals surface area (Å²) >= 11 is 0. The Hall–Kier alpha value is -3.62. The first-order valence-corrected chi connectivity index (χ1v) is 13.6. The monoisotopic (exact) mass is 555 g/mol. The van der Waals surface area contributed by atoms with Gasteiger partial charge in [-0.15, -0.1) is 0 Å². The van der Waals surface area contributed by atoms with Gasteiger partial charge in [-0.25, -0.2) is 4.39 Å². The number of carbonyl (C=O) groups is 3. The number of anilines is 1. The van der Waals surface area contributed by atoms with Crippen LogP contribution in [0.25, 0.3) is 0 Å². The Morgan fingerprint density at radius 2 is 1.75 bits per heavy atom. The molecule has 0 fully saturated rings. The summed E-state index contributed by atoms with van der Waals surface area (Å²) in [6, 6.07) is 9.92. The molecule has 218 valence electrons. The number of carbonyl (C=O) groups excluding carboxylic acids is 3. The fourth-order valence-corrected chi connectivity index (χ4v) is 4.77. The molecule has 0 saturated carbocycles. The summed E-state index contributed by atoms with van der Waals surface area (Å²) in [7, 11) is 1.52. The van der Waals surface area contributed by atoms with Crippen molar-refractivity contribution in [1.29, 1.82) is 0 Å². The number of nitrogens with one attached hydrogen (secondary N) is 2. The van der Waals surface area contributed by atoms with Gasteiger partial charge >= 0.3 is 5.97 Å². The molecule has 0 bridgehead atoms. The summed E-state index contributed by atoms with van der Waals surface area (Å²) in [6.07, 6.45) is 0.991. The van der Waals surface area contributed by atoms with Crippen molar-refractivity contribution in [2.24, 2.45) is 5.41 Å². The lowest BCUT2D eigenvalue weighted by Gasteiger charge is -2.31. The van der Waals surface area contributed by atoms with E-state index in [4.69, 9.17) is 9.47 Å². The second kappa shape index (κ2) is 12.7. The number of amides is 2. The standard InChI is InChI=1S/C31H42FN3O5/c1-30(2,3)18-25(34-28(37)21-9-8-10-24(16-21)39-7)29(38)33-23(17-27(36)40-31(4,5)6)19-35-14-13-20-15-22(32)11-12-26(20)35/h8-12,15-16,23,25H,13-14,17-19H2,1-7H3,(H,33,38)(H,34,37)/t23-,25-/m0/s1. The zero-order chi connectivity index (χ0) is 29.7. The van der Waals surface area contributed by atoms with E-state index in [1.165, 1.54) is 19.2 Å². The molecular weight excluding hydrogens is 513 g/mol. The molecule has 3 rings (SSSR count). The van der Waals surface area contributed by atoms with Crippen molar-refractivity contribution < 1.29 is 28.2 Å². The first-order chi connectivity index (χ1) is 18.6. The Kier molecular flexibility index (Phi) is 9.82. The first kappa shape index (κ1) is 30.9. The maximum Gasteiger partial charge on any atom is 0.308 e. The van der Waals surface area contributed by atoms with Crippen LogP contribution < -0.4 is 20.3 Å². The lowest BCUT2D eigenvalue weighted by molar-refractivity contribution is -0.155. The first-order valence-electron chi connectivity index (χ1n) is 13.6. The second-order valence-electron chi connectivity index (χ2n) is 12.5. The molecule has 1 aliphatic heterocycles. The molecule has 9 heteroatoms. The molecule has 1 heterocycles. The normalized spacial score (nSPS) is 14.7. The highest BCUT2D eigenvalue weighted by atomic mass is 19.1. The van der Waals surface area contributed by atoms with Crippen LogP contribution in [0.4, 0.5) is 10.1 Å². The predicted molar refractivity (Wildman–Crippen MR) is 153 cm³/mol. The van der Waals surface area contributed by atoms with Gasteiger partial charge < -0.3 is 25.0 Å². The second-order valence-corrected chi connectivity index (χ2v) is 12.5. The lowest BCUT2D eigenvalue weighted by atomic mass is 9.87. The number of halogens is 1. The number of fused-ring (bicyclic) bond motifs is 1. The van der Waals surface area contributed by atoms with E-state index >= 15 is 0 Å². The van der Waals surface area contributed by atoms with Crippen LogP contribution in [0.5, 0.6) is 5.75 Å². The Morgan fingerprint density at radius 1 is 1.02 bits per heavy atom. The lowest BCUT2D eigenvalue weighted by Crippen LogP contribution is -2.53. The summed E-state index contributed by atoms with van der Waals surface area (Å²) in [5, 5.41) is 5.89. The van der Waals surface area contributed by atoms with Gasteiger partial charge in [0.05, 0.1) is 19.6 Å². The third-order valence-electron chi connectivity index (χ3n) is 6.42. The van der Waals surface area contributed by atoms with E-state index in [-0.39, 0.29) is 17.7 Å². The average molecular weight is 556 g/mol. The Morgan fingerprint density at radius 3 is 2.40 bits per heavy atom. The van der Waals surface area contributed by atoms with E-state index in [9.17, 15) is 18.8 Å². The van der Waals surface area contributed by atoms with Gasteiger partial charge in [0.25, 0.3) is 5.91 Å². The summed E-state index contributed by atoms with van der Waals surface area (Å²) in [6.45, 7) is 12.3. The van der Waals surface area contributed by atoms with Crippen LogP contribution in [0, 0.1) is 11.2 Å². The topological polar surface area (TPSA) is 97.0 Å². The Labute approximate surface area is 236 Å². The van der Waals surface area contributed by atoms with E-state index in [0.29, 0.717) is 37.2 Å². The van der Waals surface area contributed by atoms with Crippen LogP contribution in [0.2, 0.25) is 0 Å². The molecule has 0 aromatic heterocycles. The molecule has 1 aliphatic rings. The molecule has 0 aliphatic carbocycles. The summed E-state index contributed by atoms with van der Waals surface area (Å²) < 4.78 is 24.5. The van der Waals surface area contributed by atoms with Crippen molar-refractivity contribution in [2.75, 3.05) is 25.1 Å². The highest BCUT2D eigenvalue weighted by Crippen LogP contribution is 2.29. The van der Waals surface area contributed by atoms with Gasteiger partial charge in [-0.2, -0.15) is 0 Å². The highest BCUT2D eigenvalue weighted by molar-refractivity contribution is 5.98. The zero-order valence-electron chi connectivity index (χ0n) is 24.6. The van der Waals surface area contributed by atoms with Crippen molar-refractivity contribution in [1.82, 2.24) is 10.6 Å². The number of methoxy groups -OCH3 is 1. The molecule has 0 spiro atoms. The van der Waals surface area contributed by atoms with Crippen LogP contribution in [-0.2, 0) is 20.7 Å². The summed E-state index contributed by atoms with van der Waals surface area (Å²) in [5.74, 6) is -0.992. The number of esters is 1. The summed E-state index contributed by atoms with van der Waals surface area (Å²) in [4.78, 5) is 41.7. The molecule has 40 heavy (non-hydrogen) atoms. The van der Waals surface area contributed by atoms with Crippen LogP contribution >= 0.6 is 0 Å². The minimum absolute atomic E-state index is 0.0535. The van der Waals surface area contributed by atoms with Gasteiger partial charge in [0.15, 0.2) is 0 Å². The number of hydrogen-bond acceptors (Lipinski definition) is 6. The molecule has 2 amide bonds. The minimum atomic E-state index is -0.847. The number of ether oxygens (including phenoxy) is 2. The van der Waals surface area contributed by atoms with Crippen molar-refractivity contribution in [2.45, 2.75) is 78.5 Å². The van der Waals surface area contributed by atoms with Gasteiger partial charge in [-0.3, -0.25) is 14.4 Å². The van der Waals surface area contributed by atoms with Crippen molar-refractivity contribution in [3.05, 3.63) is 59.4 Å². The molecule has 2 N–H and O–H groups in total. The molecule has 2 atom stereocenters. The Balaban J connectivity index is 1.81. The quantitative estimate of drug-likeness (QED) is 0.415. The van der Waals surface area contributed by atoms with E-state index in [1.807, 2.05) is 25.7 Å². The van der Waals surface area contributed by atoms with Gasteiger partial charge in [0.2, 0.25) is 5.91 Å². The van der Waals surface area contributed by atoms with Gasteiger partial charge in [0.1, 0.15) is 23.2 Å². The largest absolute Gasteiger partial charge is 0.497 e. The van der Waals surface area contributed by atoms with Crippen LogP contribution in [0.1, 0.15) is 70.3 Å². The average Bonchev–Trinajstić information content (AvgIpc) is 3.22. The third-order valence-corrected chi connectivity index (χ3v) is 6.42. The van der Waals surface area contributed by atoms with Gasteiger partial charge in [-0.1, -0.05) is 26.8 Å². The number of nitrogens with zero attached hydrogens (tertiary/aromatic N) is 1. The van der Waals surface area contributed by atoms with Gasteiger partial charge in [-0.05, 0) is 81.0 Å². The molecule has 0 saturated heterocycles. The van der Waals surface area contributed by atoms with Crippen molar-refractivity contribution in [3.8, 4) is 5.75 Å². The maximum atomic E-state index is 13.8. The highest BCUT2D eigenvalue weighted by Gasteiger charge is 2.32. The van der Waals surface area contributed by atoms with Crippen LogP contribution in [-0.4, -0.2) is 55.7 Å². The molecule has 2 aromatic carbocycles. The van der Waals surface area contributed by atoms with Crippen molar-refractivity contribution in [3.63, 3.8) is 0 Å². The fraction of sp³-hybridized carbons (Fsp3) is 0.516. The number of benzene rings is 2. The molecular formula is C31H42FN3O5. The molecule has 2 aromatic rings. The molecule has 0 radical (unpaired) electrons. The SMILES string of the molecule is COc1cccc(C(=O)N[C@@H](CC(C)(C)C)C(=O)N[C@@H](CC(=O)OC(C)(C)C)CN2CCc3cc(F)ccc32)c1. The molecule has 8 nitrogen and oxygen atoms in total. The number of hydrogen-bond donors (Lipinski definition) is 2.